The Bertz CT molecular complexity index is 682. The maximum Gasteiger partial charge on any atom is 0.255 e. The number of aromatic nitrogens is 3. The highest BCUT2D eigenvalue weighted by Gasteiger charge is 2.30. The van der Waals surface area contributed by atoms with Crippen LogP contribution < -0.4 is 0 Å². The van der Waals surface area contributed by atoms with Crippen molar-refractivity contribution in [1.82, 2.24) is 19.7 Å². The quantitative estimate of drug-likeness (QED) is 0.874. The first-order valence-electron chi connectivity index (χ1n) is 7.33. The predicted molar refractivity (Wildman–Crippen MR) is 85.4 cm³/mol. The van der Waals surface area contributed by atoms with Gasteiger partial charge in [0.1, 0.15) is 0 Å². The minimum absolute atomic E-state index is 0.113. The molecule has 0 N–H and O–H groups in total. The number of hydrogen-bond donors (Lipinski definition) is 0. The molecule has 2 aromatic rings. The van der Waals surface area contributed by atoms with Gasteiger partial charge in [0, 0.05) is 25.0 Å². The van der Waals surface area contributed by atoms with E-state index < -0.39 is 0 Å². The number of hydrogen-bond acceptors (Lipinski definition) is 4. The molecule has 5 nitrogen and oxygen atoms in total. The molecule has 0 aliphatic carbocycles. The first-order valence-corrected chi connectivity index (χ1v) is 8.38. The molecule has 0 spiro atoms. The van der Waals surface area contributed by atoms with Crippen LogP contribution >= 0.6 is 11.8 Å². The lowest BCUT2D eigenvalue weighted by Crippen LogP contribution is -2.35. The molecule has 1 saturated heterocycles. The van der Waals surface area contributed by atoms with Crippen molar-refractivity contribution in [1.29, 1.82) is 0 Å². The van der Waals surface area contributed by atoms with Crippen molar-refractivity contribution in [2.24, 2.45) is 7.05 Å². The Balaban J connectivity index is 2.01. The van der Waals surface area contributed by atoms with Crippen LogP contribution in [0, 0.1) is 6.92 Å². The number of pyridine rings is 1. The lowest BCUT2D eigenvalue weighted by atomic mass is 10.1. The average Bonchev–Trinajstić information content (AvgIpc) is 3.06. The highest BCUT2D eigenvalue weighted by Crippen LogP contribution is 2.30. The molecule has 3 heterocycles. The van der Waals surface area contributed by atoms with Crippen LogP contribution in [0.3, 0.4) is 0 Å². The summed E-state index contributed by atoms with van der Waals surface area (Å²) in [6.45, 7) is 4.92. The highest BCUT2D eigenvalue weighted by atomic mass is 32.2. The van der Waals surface area contributed by atoms with Crippen LogP contribution in [0.4, 0.5) is 0 Å². The fourth-order valence-electron chi connectivity index (χ4n) is 2.81. The van der Waals surface area contributed by atoms with Gasteiger partial charge in [-0.05, 0) is 19.4 Å². The van der Waals surface area contributed by atoms with Crippen molar-refractivity contribution < 1.29 is 4.79 Å². The third-order valence-corrected chi connectivity index (χ3v) is 5.14. The van der Waals surface area contributed by atoms with Crippen molar-refractivity contribution in [2.45, 2.75) is 32.1 Å². The minimum atomic E-state index is 0.113. The van der Waals surface area contributed by atoms with Crippen LogP contribution in [-0.2, 0) is 7.05 Å². The zero-order valence-electron chi connectivity index (χ0n) is 12.7. The van der Waals surface area contributed by atoms with Gasteiger partial charge < -0.3 is 4.90 Å². The largest absolute Gasteiger partial charge is 0.326 e. The van der Waals surface area contributed by atoms with Gasteiger partial charge in [0.2, 0.25) is 0 Å². The molecule has 1 fully saturated rings. The van der Waals surface area contributed by atoms with Crippen molar-refractivity contribution in [3.63, 3.8) is 0 Å². The van der Waals surface area contributed by atoms with E-state index in [2.05, 4.69) is 17.0 Å². The molecular weight excluding hydrogens is 284 g/mol. The van der Waals surface area contributed by atoms with Gasteiger partial charge in [-0.25, -0.2) is 4.98 Å². The van der Waals surface area contributed by atoms with Crippen LogP contribution in [0.15, 0.2) is 12.3 Å². The van der Waals surface area contributed by atoms with Gasteiger partial charge in [-0.2, -0.15) is 5.10 Å². The normalized spacial score (nSPS) is 18.6. The summed E-state index contributed by atoms with van der Waals surface area (Å²) < 4.78 is 1.72. The number of carbonyl (C=O) groups is 1. The van der Waals surface area contributed by atoms with E-state index >= 15 is 0 Å². The van der Waals surface area contributed by atoms with E-state index in [4.69, 9.17) is 0 Å². The smallest absolute Gasteiger partial charge is 0.255 e. The van der Waals surface area contributed by atoms with Gasteiger partial charge in [-0.15, -0.1) is 11.8 Å². The lowest BCUT2D eigenvalue weighted by Gasteiger charge is -2.23. The zero-order valence-corrected chi connectivity index (χ0v) is 13.5. The number of amides is 1. The van der Waals surface area contributed by atoms with Crippen LogP contribution in [0.2, 0.25) is 0 Å². The van der Waals surface area contributed by atoms with E-state index in [1.807, 2.05) is 36.7 Å². The summed E-state index contributed by atoms with van der Waals surface area (Å²) in [6.07, 6.45) is 3.89. The number of aryl methyl sites for hydroxylation is 2. The van der Waals surface area contributed by atoms with E-state index in [0.29, 0.717) is 5.37 Å². The van der Waals surface area contributed by atoms with Crippen LogP contribution in [0.25, 0.3) is 11.0 Å². The molecule has 21 heavy (non-hydrogen) atoms. The van der Waals surface area contributed by atoms with Gasteiger partial charge in [0.05, 0.1) is 22.5 Å². The van der Waals surface area contributed by atoms with Crippen LogP contribution in [-0.4, -0.2) is 43.2 Å². The van der Waals surface area contributed by atoms with Crippen molar-refractivity contribution >= 4 is 28.7 Å². The molecule has 1 atom stereocenters. The average molecular weight is 304 g/mol. The Morgan fingerprint density at radius 2 is 2.33 bits per heavy atom. The van der Waals surface area contributed by atoms with Crippen LogP contribution in [0.5, 0.6) is 0 Å². The molecule has 112 valence electrons. The molecule has 1 aliphatic rings. The molecule has 1 aliphatic heterocycles. The van der Waals surface area contributed by atoms with E-state index in [-0.39, 0.29) is 5.91 Å². The van der Waals surface area contributed by atoms with Crippen molar-refractivity contribution in [3.05, 3.63) is 23.5 Å². The summed E-state index contributed by atoms with van der Waals surface area (Å²) in [4.78, 5) is 19.4. The van der Waals surface area contributed by atoms with Gasteiger partial charge in [0.25, 0.3) is 5.91 Å². The minimum Gasteiger partial charge on any atom is -0.326 e. The van der Waals surface area contributed by atoms with Crippen molar-refractivity contribution in [3.8, 4) is 0 Å². The summed E-state index contributed by atoms with van der Waals surface area (Å²) in [6, 6.07) is 1.89. The number of fused-ring (bicyclic) bond motifs is 1. The van der Waals surface area contributed by atoms with Gasteiger partial charge in [-0.3, -0.25) is 9.48 Å². The summed E-state index contributed by atoms with van der Waals surface area (Å²) in [5, 5.41) is 5.40. The highest BCUT2D eigenvalue weighted by molar-refractivity contribution is 8.00. The second kappa shape index (κ2) is 5.67. The van der Waals surface area contributed by atoms with Gasteiger partial charge >= 0.3 is 0 Å². The van der Waals surface area contributed by atoms with Gasteiger partial charge in [-0.1, -0.05) is 13.3 Å². The second-order valence-electron chi connectivity index (χ2n) is 5.43. The Kier molecular flexibility index (Phi) is 3.89. The van der Waals surface area contributed by atoms with Crippen molar-refractivity contribution in [2.75, 3.05) is 12.3 Å². The number of carbonyl (C=O) groups excluding carboxylic acids is 1. The maximum atomic E-state index is 13.0. The third kappa shape index (κ3) is 2.52. The summed E-state index contributed by atoms with van der Waals surface area (Å²) in [5.41, 5.74) is 2.36. The maximum absolute atomic E-state index is 13.0. The van der Waals surface area contributed by atoms with Crippen LogP contribution in [0.1, 0.15) is 35.8 Å². The molecule has 0 saturated carbocycles. The lowest BCUT2D eigenvalue weighted by molar-refractivity contribution is 0.0758. The summed E-state index contributed by atoms with van der Waals surface area (Å²) in [5.74, 6) is 1.14. The SMILES string of the molecule is CCC[C@@H]1SCCN1C(=O)c1cc(C)nc2c1cnn2C. The molecule has 0 bridgehead atoms. The first kappa shape index (κ1) is 14.4. The fraction of sp³-hybridized carbons (Fsp3) is 0.533. The van der Waals surface area contributed by atoms with E-state index in [1.54, 1.807) is 10.9 Å². The number of rotatable bonds is 3. The standard InChI is InChI=1S/C15H20N4OS/c1-4-5-13-19(6-7-21-13)15(20)11-8-10(2)17-14-12(11)9-16-18(14)3/h8-9,13H,4-7H2,1-3H3/t13-/m0/s1. The predicted octanol–water partition coefficient (Wildman–Crippen LogP) is 2.59. The van der Waals surface area contributed by atoms with Gasteiger partial charge in [0.15, 0.2) is 5.65 Å². The molecule has 0 aromatic carbocycles. The Labute approximate surface area is 128 Å². The monoisotopic (exact) mass is 304 g/mol. The number of thioether (sulfide) groups is 1. The molecule has 6 heteroatoms. The Morgan fingerprint density at radius 1 is 1.52 bits per heavy atom. The molecule has 0 radical (unpaired) electrons. The molecule has 1 amide bonds. The number of nitrogens with zero attached hydrogens (tertiary/aromatic N) is 4. The summed E-state index contributed by atoms with van der Waals surface area (Å²) in [7, 11) is 1.86. The molecule has 0 unspecified atom stereocenters. The third-order valence-electron chi connectivity index (χ3n) is 3.85. The topological polar surface area (TPSA) is 51.0 Å². The Hall–Kier alpha value is -1.56. The molecular formula is C15H20N4OS. The fourth-order valence-corrected chi connectivity index (χ4v) is 4.17. The zero-order chi connectivity index (χ0) is 15.0. The Morgan fingerprint density at radius 3 is 3.10 bits per heavy atom. The van der Waals surface area contributed by atoms with E-state index in [0.717, 1.165) is 47.4 Å². The molecule has 2 aromatic heterocycles. The second-order valence-corrected chi connectivity index (χ2v) is 6.72. The van der Waals surface area contributed by atoms with E-state index in [1.165, 1.54) is 0 Å². The van der Waals surface area contributed by atoms with E-state index in [9.17, 15) is 4.79 Å². The molecule has 3 rings (SSSR count). The first-order chi connectivity index (χ1) is 10.1. The summed E-state index contributed by atoms with van der Waals surface area (Å²) >= 11 is 1.88.